The number of nitrogens with one attached hydrogen (secondary N) is 2. The molecule has 5 heteroatoms. The Morgan fingerprint density at radius 2 is 1.38 bits per heavy atom. The average Bonchev–Trinajstić information content (AvgIpc) is 3.16. The molecule has 0 unspecified atom stereocenters. The van der Waals surface area contributed by atoms with Crippen LogP contribution in [0, 0.1) is 11.8 Å². The van der Waals surface area contributed by atoms with Crippen LogP contribution in [0.3, 0.4) is 0 Å². The molecule has 2 amide bonds. The van der Waals surface area contributed by atoms with E-state index in [0.29, 0.717) is 12.3 Å². The first-order valence-electron chi connectivity index (χ1n) is 11.0. The molecule has 1 aliphatic heterocycles. The molecule has 5 nitrogen and oxygen atoms in total. The highest BCUT2D eigenvalue weighted by atomic mass is 16.2. The average molecular weight is 364 g/mol. The Kier molecular flexibility index (Phi) is 7.78. The van der Waals surface area contributed by atoms with Gasteiger partial charge in [0.15, 0.2) is 0 Å². The molecule has 0 aromatic carbocycles. The molecule has 0 aromatic heterocycles. The monoisotopic (exact) mass is 363 g/mol. The van der Waals surface area contributed by atoms with Crippen LogP contribution in [-0.4, -0.2) is 48.9 Å². The van der Waals surface area contributed by atoms with E-state index in [1.807, 2.05) is 0 Å². The molecule has 0 bridgehead atoms. The zero-order valence-electron chi connectivity index (χ0n) is 16.3. The lowest BCUT2D eigenvalue weighted by Gasteiger charge is -2.33. The van der Waals surface area contributed by atoms with Crippen molar-refractivity contribution in [1.82, 2.24) is 15.5 Å². The first-order valence-corrected chi connectivity index (χ1v) is 11.0. The standard InChI is InChI=1S/C21H37N3O2/c25-20(14-17-6-2-1-3-7-17)22-15-21(26)23-19-10-12-24(13-11-19)16-18-8-4-5-9-18/h17-19H,1-16H2,(H,22,25)(H,23,26). The quantitative estimate of drug-likeness (QED) is 0.731. The molecule has 3 aliphatic rings. The Morgan fingerprint density at radius 1 is 0.769 bits per heavy atom. The Morgan fingerprint density at radius 3 is 2.08 bits per heavy atom. The maximum absolute atomic E-state index is 12.1. The molecule has 148 valence electrons. The van der Waals surface area contributed by atoms with Gasteiger partial charge in [-0.05, 0) is 50.4 Å². The van der Waals surface area contributed by atoms with Crippen LogP contribution < -0.4 is 10.6 Å². The summed E-state index contributed by atoms with van der Waals surface area (Å²) in [6, 6.07) is 0.276. The Labute approximate surface area is 158 Å². The Hall–Kier alpha value is -1.10. The van der Waals surface area contributed by atoms with E-state index in [-0.39, 0.29) is 24.4 Å². The number of piperidine rings is 1. The minimum Gasteiger partial charge on any atom is -0.352 e. The van der Waals surface area contributed by atoms with Gasteiger partial charge in [0, 0.05) is 32.1 Å². The summed E-state index contributed by atoms with van der Waals surface area (Å²) in [4.78, 5) is 26.7. The fourth-order valence-electron chi connectivity index (χ4n) is 5.00. The van der Waals surface area contributed by atoms with E-state index in [2.05, 4.69) is 15.5 Å². The number of hydrogen-bond acceptors (Lipinski definition) is 3. The van der Waals surface area contributed by atoms with Gasteiger partial charge in [-0.2, -0.15) is 0 Å². The summed E-state index contributed by atoms with van der Waals surface area (Å²) in [6.45, 7) is 3.57. The van der Waals surface area contributed by atoms with Gasteiger partial charge in [0.05, 0.1) is 6.54 Å². The van der Waals surface area contributed by atoms with Crippen LogP contribution in [0.4, 0.5) is 0 Å². The van der Waals surface area contributed by atoms with Crippen molar-refractivity contribution in [2.75, 3.05) is 26.2 Å². The van der Waals surface area contributed by atoms with Gasteiger partial charge in [0.1, 0.15) is 0 Å². The molecule has 3 rings (SSSR count). The minimum absolute atomic E-state index is 0.0313. The fraction of sp³-hybridized carbons (Fsp3) is 0.905. The summed E-state index contributed by atoms with van der Waals surface area (Å²) in [7, 11) is 0. The van der Waals surface area contributed by atoms with Gasteiger partial charge in [0.2, 0.25) is 11.8 Å². The van der Waals surface area contributed by atoms with Gasteiger partial charge in [-0.15, -0.1) is 0 Å². The number of carbonyl (C=O) groups excluding carboxylic acids is 2. The van der Waals surface area contributed by atoms with Crippen molar-refractivity contribution in [2.45, 2.75) is 83.1 Å². The van der Waals surface area contributed by atoms with Crippen LogP contribution >= 0.6 is 0 Å². The van der Waals surface area contributed by atoms with Gasteiger partial charge in [-0.25, -0.2) is 0 Å². The van der Waals surface area contributed by atoms with Crippen molar-refractivity contribution in [1.29, 1.82) is 0 Å². The van der Waals surface area contributed by atoms with Crippen LogP contribution in [0.15, 0.2) is 0 Å². The van der Waals surface area contributed by atoms with Crippen LogP contribution in [0.2, 0.25) is 0 Å². The number of rotatable bonds is 7. The van der Waals surface area contributed by atoms with Crippen molar-refractivity contribution in [3.05, 3.63) is 0 Å². The van der Waals surface area contributed by atoms with E-state index < -0.39 is 0 Å². The summed E-state index contributed by atoms with van der Waals surface area (Å²) < 4.78 is 0. The van der Waals surface area contributed by atoms with Crippen LogP contribution in [-0.2, 0) is 9.59 Å². The molecule has 26 heavy (non-hydrogen) atoms. The van der Waals surface area contributed by atoms with Gasteiger partial charge in [0.25, 0.3) is 0 Å². The molecule has 1 heterocycles. The van der Waals surface area contributed by atoms with Gasteiger partial charge in [-0.1, -0.05) is 32.1 Å². The molecule has 0 radical (unpaired) electrons. The van der Waals surface area contributed by atoms with E-state index in [9.17, 15) is 9.59 Å². The molecular formula is C21H37N3O2. The highest BCUT2D eigenvalue weighted by molar-refractivity contribution is 5.84. The van der Waals surface area contributed by atoms with Crippen LogP contribution in [0.5, 0.6) is 0 Å². The van der Waals surface area contributed by atoms with Crippen LogP contribution in [0.1, 0.15) is 77.0 Å². The zero-order chi connectivity index (χ0) is 18.2. The minimum atomic E-state index is -0.0313. The van der Waals surface area contributed by atoms with E-state index in [1.165, 1.54) is 64.3 Å². The van der Waals surface area contributed by atoms with Crippen LogP contribution in [0.25, 0.3) is 0 Å². The van der Waals surface area contributed by atoms with Crippen molar-refractivity contribution in [3.8, 4) is 0 Å². The van der Waals surface area contributed by atoms with E-state index in [1.54, 1.807) is 0 Å². The third-order valence-corrected chi connectivity index (χ3v) is 6.59. The summed E-state index contributed by atoms with van der Waals surface area (Å²) in [6.07, 6.45) is 14.4. The highest BCUT2D eigenvalue weighted by Gasteiger charge is 2.24. The molecule has 2 saturated carbocycles. The summed E-state index contributed by atoms with van der Waals surface area (Å²) >= 11 is 0. The molecule has 0 spiro atoms. The number of amides is 2. The normalized spacial score (nSPS) is 23.8. The highest BCUT2D eigenvalue weighted by Crippen LogP contribution is 2.27. The molecule has 2 N–H and O–H groups in total. The second kappa shape index (κ2) is 10.3. The first kappa shape index (κ1) is 19.7. The third-order valence-electron chi connectivity index (χ3n) is 6.59. The summed E-state index contributed by atoms with van der Waals surface area (Å²) in [5.41, 5.74) is 0. The van der Waals surface area contributed by atoms with Crippen molar-refractivity contribution in [3.63, 3.8) is 0 Å². The molecule has 0 aromatic rings. The molecule has 0 atom stereocenters. The number of likely N-dealkylation sites (tertiary alicyclic amines) is 1. The van der Waals surface area contributed by atoms with Gasteiger partial charge >= 0.3 is 0 Å². The fourth-order valence-corrected chi connectivity index (χ4v) is 5.00. The summed E-state index contributed by atoms with van der Waals surface area (Å²) in [5, 5.41) is 5.93. The lowest BCUT2D eigenvalue weighted by Crippen LogP contribution is -2.48. The second-order valence-electron chi connectivity index (χ2n) is 8.78. The van der Waals surface area contributed by atoms with Gasteiger partial charge in [-0.3, -0.25) is 9.59 Å². The number of hydrogen-bond donors (Lipinski definition) is 2. The predicted molar refractivity (Wildman–Crippen MR) is 104 cm³/mol. The largest absolute Gasteiger partial charge is 0.352 e. The maximum Gasteiger partial charge on any atom is 0.239 e. The Bertz CT molecular complexity index is 448. The predicted octanol–water partition coefficient (Wildman–Crippen LogP) is 2.84. The molecular weight excluding hydrogens is 326 g/mol. The number of nitrogens with zero attached hydrogens (tertiary/aromatic N) is 1. The number of carbonyl (C=O) groups is 2. The zero-order valence-corrected chi connectivity index (χ0v) is 16.3. The van der Waals surface area contributed by atoms with E-state index in [4.69, 9.17) is 0 Å². The molecule has 3 fully saturated rings. The van der Waals surface area contributed by atoms with E-state index >= 15 is 0 Å². The van der Waals surface area contributed by atoms with Crippen molar-refractivity contribution >= 4 is 11.8 Å². The smallest absolute Gasteiger partial charge is 0.239 e. The molecule has 2 aliphatic carbocycles. The Balaban J connectivity index is 1.26. The first-order chi connectivity index (χ1) is 12.7. The van der Waals surface area contributed by atoms with Crippen molar-refractivity contribution in [2.24, 2.45) is 11.8 Å². The topological polar surface area (TPSA) is 61.4 Å². The lowest BCUT2D eigenvalue weighted by molar-refractivity contribution is -0.127. The summed E-state index contributed by atoms with van der Waals surface area (Å²) in [5.74, 6) is 1.44. The van der Waals surface area contributed by atoms with E-state index in [0.717, 1.165) is 31.8 Å². The van der Waals surface area contributed by atoms with Gasteiger partial charge < -0.3 is 15.5 Å². The lowest BCUT2D eigenvalue weighted by atomic mass is 9.87. The third kappa shape index (κ3) is 6.57. The molecule has 1 saturated heterocycles. The maximum atomic E-state index is 12.1. The second-order valence-corrected chi connectivity index (χ2v) is 8.78. The van der Waals surface area contributed by atoms with Crippen molar-refractivity contribution < 1.29 is 9.59 Å². The SMILES string of the molecule is O=C(CC1CCCCC1)NCC(=O)NC1CCN(CC2CCCC2)CC1.